The zero-order valence-electron chi connectivity index (χ0n) is 14.8. The predicted molar refractivity (Wildman–Crippen MR) is 97.6 cm³/mol. The van der Waals surface area contributed by atoms with Gasteiger partial charge < -0.3 is 9.47 Å². The van der Waals surface area contributed by atoms with Gasteiger partial charge in [-0.3, -0.25) is 4.79 Å². The van der Waals surface area contributed by atoms with E-state index >= 15 is 0 Å². The van der Waals surface area contributed by atoms with E-state index in [1.54, 1.807) is 16.7 Å². The number of thiophene rings is 1. The number of carbonyl (C=O) groups is 1. The van der Waals surface area contributed by atoms with Gasteiger partial charge in [-0.25, -0.2) is 13.2 Å². The first-order valence-electron chi connectivity index (χ1n) is 8.73. The zero-order valence-corrected chi connectivity index (χ0v) is 15.6. The summed E-state index contributed by atoms with van der Waals surface area (Å²) in [5.74, 6) is -3.39. The number of halogens is 3. The molecule has 9 heteroatoms. The third-order valence-corrected chi connectivity index (χ3v) is 5.58. The van der Waals surface area contributed by atoms with Crippen molar-refractivity contribution in [3.8, 4) is 0 Å². The van der Waals surface area contributed by atoms with E-state index in [2.05, 4.69) is 10.2 Å². The van der Waals surface area contributed by atoms with Crippen LogP contribution in [-0.2, 0) is 17.8 Å². The summed E-state index contributed by atoms with van der Waals surface area (Å²) in [4.78, 5) is 14.7. The lowest BCUT2D eigenvalue weighted by molar-refractivity contribution is -0.132. The minimum Gasteiger partial charge on any atom is -0.326 e. The average molecular weight is 406 g/mol. The van der Waals surface area contributed by atoms with E-state index in [1.807, 2.05) is 17.5 Å². The minimum atomic E-state index is -2.98. The van der Waals surface area contributed by atoms with Crippen LogP contribution in [0.4, 0.5) is 13.2 Å². The summed E-state index contributed by atoms with van der Waals surface area (Å²) in [5.41, 5.74) is 0.781. The van der Waals surface area contributed by atoms with Crippen LogP contribution in [0.25, 0.3) is 0 Å². The highest BCUT2D eigenvalue weighted by Crippen LogP contribution is 2.40. The van der Waals surface area contributed by atoms with Gasteiger partial charge in [0.25, 0.3) is 5.92 Å². The van der Waals surface area contributed by atoms with Crippen molar-refractivity contribution in [3.63, 3.8) is 0 Å². The summed E-state index contributed by atoms with van der Waals surface area (Å²) < 4.78 is 43.1. The molecular formula is C19H17F3N4OS. The van der Waals surface area contributed by atoms with Gasteiger partial charge in [0.15, 0.2) is 5.82 Å². The summed E-state index contributed by atoms with van der Waals surface area (Å²) in [6.45, 7) is -0.330. The summed E-state index contributed by atoms with van der Waals surface area (Å²) in [6.07, 6.45) is 1.03. The van der Waals surface area contributed by atoms with Crippen LogP contribution in [-0.4, -0.2) is 38.0 Å². The second kappa shape index (κ2) is 7.38. The number of nitrogens with zero attached hydrogens (tertiary/aromatic N) is 4. The fraction of sp³-hybridized carbons (Fsp3) is 0.316. The van der Waals surface area contributed by atoms with Gasteiger partial charge in [0, 0.05) is 11.3 Å². The van der Waals surface area contributed by atoms with Crippen molar-refractivity contribution in [1.82, 2.24) is 19.7 Å². The lowest BCUT2D eigenvalue weighted by Crippen LogP contribution is -2.34. The molecule has 3 heterocycles. The third kappa shape index (κ3) is 3.94. The molecule has 1 fully saturated rings. The molecule has 0 saturated carbocycles. The van der Waals surface area contributed by atoms with Crippen molar-refractivity contribution in [1.29, 1.82) is 0 Å². The molecule has 5 nitrogen and oxygen atoms in total. The largest absolute Gasteiger partial charge is 0.326 e. The molecule has 2 aromatic heterocycles. The van der Waals surface area contributed by atoms with Crippen LogP contribution in [0, 0.1) is 5.82 Å². The van der Waals surface area contributed by atoms with Gasteiger partial charge in [0.2, 0.25) is 5.91 Å². The van der Waals surface area contributed by atoms with E-state index in [-0.39, 0.29) is 18.1 Å². The maximum Gasteiger partial charge on any atom is 0.267 e. The van der Waals surface area contributed by atoms with Gasteiger partial charge in [-0.05, 0) is 29.1 Å². The van der Waals surface area contributed by atoms with Crippen LogP contribution < -0.4 is 0 Å². The number of hydrogen-bond donors (Lipinski definition) is 0. The Morgan fingerprint density at radius 1 is 1.25 bits per heavy atom. The first-order valence-corrected chi connectivity index (χ1v) is 9.61. The minimum absolute atomic E-state index is 0.0797. The van der Waals surface area contributed by atoms with Crippen molar-refractivity contribution < 1.29 is 18.0 Å². The molecule has 3 aromatic rings. The van der Waals surface area contributed by atoms with Crippen LogP contribution in [0.2, 0.25) is 0 Å². The van der Waals surface area contributed by atoms with Crippen molar-refractivity contribution in [2.75, 3.05) is 6.54 Å². The number of carbonyl (C=O) groups excluding carboxylic acids is 1. The average Bonchev–Trinajstić information content (AvgIpc) is 3.37. The number of benzene rings is 1. The van der Waals surface area contributed by atoms with Crippen molar-refractivity contribution in [2.45, 2.75) is 31.4 Å². The van der Waals surface area contributed by atoms with Crippen LogP contribution in [0.1, 0.15) is 28.7 Å². The van der Waals surface area contributed by atoms with Gasteiger partial charge in [-0.1, -0.05) is 18.2 Å². The smallest absolute Gasteiger partial charge is 0.267 e. The molecule has 1 aliphatic rings. The standard InChI is InChI=1S/C19H17F3N4OS/c20-14-5-3-13(4-6-14)10-25-12-23-24-18(25)16-9-19(21,22)11-26(16)17(27)8-15-2-1-7-28-15/h1-7,12,16H,8-11H2/t16-/m0/s1. The van der Waals surface area contributed by atoms with Crippen molar-refractivity contribution >= 4 is 17.2 Å². The first kappa shape index (κ1) is 18.7. The van der Waals surface area contributed by atoms with Gasteiger partial charge in [-0.15, -0.1) is 21.5 Å². The number of rotatable bonds is 5. The normalized spacial score (nSPS) is 18.5. The zero-order chi connectivity index (χ0) is 19.7. The van der Waals surface area contributed by atoms with Crippen molar-refractivity contribution in [2.24, 2.45) is 0 Å². The molecule has 1 atom stereocenters. The molecule has 0 radical (unpaired) electrons. The van der Waals surface area contributed by atoms with Gasteiger partial charge in [0.05, 0.1) is 25.6 Å². The molecule has 0 bridgehead atoms. The molecule has 1 amide bonds. The molecule has 1 saturated heterocycles. The van der Waals surface area contributed by atoms with E-state index in [4.69, 9.17) is 0 Å². The Balaban J connectivity index is 1.58. The SMILES string of the molecule is O=C(Cc1cccs1)N1CC(F)(F)C[C@H]1c1nncn1Cc1ccc(F)cc1. The summed E-state index contributed by atoms with van der Waals surface area (Å²) in [6, 6.07) is 8.67. The van der Waals surface area contributed by atoms with Crippen LogP contribution in [0.3, 0.4) is 0 Å². The van der Waals surface area contributed by atoms with Crippen molar-refractivity contribution in [3.05, 3.63) is 70.2 Å². The van der Waals surface area contributed by atoms with Crippen LogP contribution in [0.15, 0.2) is 48.1 Å². The Kier molecular flexibility index (Phi) is 4.92. The second-order valence-electron chi connectivity index (χ2n) is 6.80. The highest BCUT2D eigenvalue weighted by atomic mass is 32.1. The van der Waals surface area contributed by atoms with Gasteiger partial charge in [0.1, 0.15) is 12.1 Å². The molecule has 1 aliphatic heterocycles. The molecule has 28 heavy (non-hydrogen) atoms. The number of aromatic nitrogens is 3. The van der Waals surface area contributed by atoms with Crippen LogP contribution >= 0.6 is 11.3 Å². The molecular weight excluding hydrogens is 389 g/mol. The van der Waals surface area contributed by atoms with Crippen LogP contribution in [0.5, 0.6) is 0 Å². The molecule has 4 rings (SSSR count). The third-order valence-electron chi connectivity index (χ3n) is 4.71. The Hall–Kier alpha value is -2.68. The summed E-state index contributed by atoms with van der Waals surface area (Å²) in [7, 11) is 0. The quantitative estimate of drug-likeness (QED) is 0.650. The molecule has 0 spiro atoms. The summed E-state index contributed by atoms with van der Waals surface area (Å²) >= 11 is 1.42. The molecule has 0 unspecified atom stereocenters. The van der Waals surface area contributed by atoms with E-state index < -0.39 is 24.9 Å². The maximum absolute atomic E-state index is 14.2. The van der Waals surface area contributed by atoms with E-state index in [0.29, 0.717) is 12.4 Å². The lowest BCUT2D eigenvalue weighted by atomic mass is 10.1. The first-order chi connectivity index (χ1) is 13.4. The molecule has 0 aliphatic carbocycles. The Morgan fingerprint density at radius 3 is 2.75 bits per heavy atom. The van der Waals surface area contributed by atoms with E-state index in [1.165, 1.54) is 34.7 Å². The maximum atomic E-state index is 14.2. The monoisotopic (exact) mass is 406 g/mol. The topological polar surface area (TPSA) is 51.0 Å². The highest BCUT2D eigenvalue weighted by Gasteiger charge is 2.49. The number of hydrogen-bond acceptors (Lipinski definition) is 4. The fourth-order valence-electron chi connectivity index (χ4n) is 3.40. The lowest BCUT2D eigenvalue weighted by Gasteiger charge is -2.23. The molecule has 0 N–H and O–H groups in total. The summed E-state index contributed by atoms with van der Waals surface area (Å²) in [5, 5.41) is 9.72. The van der Waals surface area contributed by atoms with E-state index in [9.17, 15) is 18.0 Å². The number of likely N-dealkylation sites (tertiary alicyclic amines) is 1. The number of alkyl halides is 2. The Bertz CT molecular complexity index is 956. The number of amides is 1. The molecule has 146 valence electrons. The van der Waals surface area contributed by atoms with Gasteiger partial charge >= 0.3 is 0 Å². The fourth-order valence-corrected chi connectivity index (χ4v) is 4.10. The second-order valence-corrected chi connectivity index (χ2v) is 7.83. The molecule has 1 aromatic carbocycles. The van der Waals surface area contributed by atoms with Gasteiger partial charge in [-0.2, -0.15) is 0 Å². The Morgan fingerprint density at radius 2 is 2.04 bits per heavy atom. The van der Waals surface area contributed by atoms with E-state index in [0.717, 1.165) is 10.4 Å². The Labute approximate surface area is 163 Å². The highest BCUT2D eigenvalue weighted by molar-refractivity contribution is 7.10. The predicted octanol–water partition coefficient (Wildman–Crippen LogP) is 3.68.